The molecule has 0 bridgehead atoms. The number of halogens is 2. The van der Waals surface area contributed by atoms with Crippen LogP contribution < -0.4 is 10.1 Å². The molecule has 0 fully saturated rings. The highest BCUT2D eigenvalue weighted by Crippen LogP contribution is 2.26. The molecular weight excluding hydrogens is 447 g/mol. The predicted molar refractivity (Wildman–Crippen MR) is 130 cm³/mol. The first kappa shape index (κ1) is 26.0. The van der Waals surface area contributed by atoms with Crippen LogP contribution in [0.25, 0.3) is 0 Å². The van der Waals surface area contributed by atoms with E-state index in [-0.39, 0.29) is 25.0 Å². The van der Waals surface area contributed by atoms with Crippen molar-refractivity contribution in [2.75, 3.05) is 13.2 Å². The monoisotopic (exact) mass is 478 g/mol. The fraction of sp³-hybridized carbons (Fsp3) is 0.440. The number of nitrogens with zero attached hydrogens (tertiary/aromatic N) is 1. The molecule has 0 heterocycles. The molecule has 0 aliphatic heterocycles. The molecule has 1 N–H and O–H groups in total. The molecule has 2 rings (SSSR count). The molecule has 0 saturated heterocycles. The number of ether oxygens (including phenoxy) is 1. The summed E-state index contributed by atoms with van der Waals surface area (Å²) in [5.74, 6) is 0.455. The van der Waals surface area contributed by atoms with Crippen molar-refractivity contribution in [3.8, 4) is 5.75 Å². The molecule has 2 aromatic carbocycles. The predicted octanol–water partition coefficient (Wildman–Crippen LogP) is 5.57. The van der Waals surface area contributed by atoms with Crippen molar-refractivity contribution in [3.05, 3.63) is 63.1 Å². The molecule has 2 amide bonds. The van der Waals surface area contributed by atoms with E-state index < -0.39 is 6.04 Å². The molecule has 2 aromatic rings. The lowest BCUT2D eigenvalue weighted by Crippen LogP contribution is -2.50. The molecular formula is C25H32Cl2N2O3. The van der Waals surface area contributed by atoms with Crippen molar-refractivity contribution in [1.29, 1.82) is 0 Å². The fourth-order valence-electron chi connectivity index (χ4n) is 3.35. The van der Waals surface area contributed by atoms with E-state index in [0.29, 0.717) is 34.7 Å². The lowest BCUT2D eigenvalue weighted by atomic mass is 10.1. The highest BCUT2D eigenvalue weighted by molar-refractivity contribution is 6.32. The van der Waals surface area contributed by atoms with E-state index in [1.165, 1.54) is 0 Å². The Morgan fingerprint density at radius 3 is 2.19 bits per heavy atom. The van der Waals surface area contributed by atoms with Crippen LogP contribution in [0.15, 0.2) is 36.4 Å². The van der Waals surface area contributed by atoms with E-state index in [1.807, 2.05) is 46.8 Å². The quantitative estimate of drug-likeness (QED) is 0.485. The van der Waals surface area contributed by atoms with Gasteiger partial charge in [-0.15, -0.1) is 0 Å². The minimum atomic E-state index is -0.603. The Hall–Kier alpha value is -2.24. The molecule has 0 aliphatic carbocycles. The van der Waals surface area contributed by atoms with Crippen molar-refractivity contribution in [2.45, 2.75) is 53.6 Å². The number of rotatable bonds is 10. The summed E-state index contributed by atoms with van der Waals surface area (Å²) in [6.07, 6.45) is 0.489. The Labute approximate surface area is 201 Å². The molecule has 0 unspecified atom stereocenters. The van der Waals surface area contributed by atoms with Crippen LogP contribution in [0, 0.1) is 19.8 Å². The summed E-state index contributed by atoms with van der Waals surface area (Å²) in [5, 5.41) is 4.25. The molecule has 0 saturated carbocycles. The number of carbonyl (C=O) groups excluding carboxylic acids is 2. The molecule has 0 spiro atoms. The van der Waals surface area contributed by atoms with Gasteiger partial charge in [0.05, 0.1) is 0 Å². The standard InChI is InChI=1S/C25H32Cl2N2O3/c1-6-22(25(31)28-13-16(2)3)29(14-19-7-9-20(26)10-8-19)23(30)15-32-21-11-17(4)24(27)18(5)12-21/h7-12,16,22H,6,13-15H2,1-5H3,(H,28,31)/t22-/m1/s1. The summed E-state index contributed by atoms with van der Waals surface area (Å²) in [5.41, 5.74) is 2.65. The minimum Gasteiger partial charge on any atom is -0.484 e. The molecule has 0 radical (unpaired) electrons. The minimum absolute atomic E-state index is 0.165. The Morgan fingerprint density at radius 1 is 1.06 bits per heavy atom. The average molecular weight is 479 g/mol. The first-order valence-corrected chi connectivity index (χ1v) is 11.6. The number of amides is 2. The number of carbonyl (C=O) groups is 2. The zero-order chi connectivity index (χ0) is 23.8. The number of nitrogens with one attached hydrogen (secondary N) is 1. The number of hydrogen-bond acceptors (Lipinski definition) is 3. The van der Waals surface area contributed by atoms with Crippen LogP contribution in [0.3, 0.4) is 0 Å². The van der Waals surface area contributed by atoms with Crippen LogP contribution in [0.4, 0.5) is 0 Å². The summed E-state index contributed by atoms with van der Waals surface area (Å²) in [6, 6.07) is 10.3. The van der Waals surface area contributed by atoms with Gasteiger partial charge in [-0.2, -0.15) is 0 Å². The van der Waals surface area contributed by atoms with Crippen molar-refractivity contribution in [3.63, 3.8) is 0 Å². The largest absolute Gasteiger partial charge is 0.484 e. The lowest BCUT2D eigenvalue weighted by molar-refractivity contribution is -0.143. The van der Waals surface area contributed by atoms with Crippen LogP contribution in [-0.4, -0.2) is 35.9 Å². The van der Waals surface area contributed by atoms with Gasteiger partial charge in [-0.25, -0.2) is 0 Å². The SMILES string of the molecule is CC[C@H](C(=O)NCC(C)C)N(Cc1ccc(Cl)cc1)C(=O)COc1cc(C)c(Cl)c(C)c1. The first-order chi connectivity index (χ1) is 15.1. The Kier molecular flexibility index (Phi) is 9.85. The Balaban J connectivity index is 2.22. The second-order valence-electron chi connectivity index (χ2n) is 8.37. The molecule has 7 heteroatoms. The average Bonchev–Trinajstić information content (AvgIpc) is 2.75. The molecule has 0 aliphatic rings. The van der Waals surface area contributed by atoms with Gasteiger partial charge >= 0.3 is 0 Å². The lowest BCUT2D eigenvalue weighted by Gasteiger charge is -2.31. The van der Waals surface area contributed by atoms with Gasteiger partial charge in [-0.3, -0.25) is 9.59 Å². The highest BCUT2D eigenvalue weighted by atomic mass is 35.5. The van der Waals surface area contributed by atoms with E-state index in [1.54, 1.807) is 29.2 Å². The van der Waals surface area contributed by atoms with Crippen LogP contribution in [-0.2, 0) is 16.1 Å². The van der Waals surface area contributed by atoms with Gasteiger partial charge in [0.15, 0.2) is 6.61 Å². The van der Waals surface area contributed by atoms with E-state index >= 15 is 0 Å². The number of hydrogen-bond donors (Lipinski definition) is 1. The van der Waals surface area contributed by atoms with Crippen molar-refractivity contribution in [1.82, 2.24) is 10.2 Å². The van der Waals surface area contributed by atoms with Crippen LogP contribution in [0.1, 0.15) is 43.9 Å². The van der Waals surface area contributed by atoms with Gasteiger partial charge in [-0.1, -0.05) is 56.1 Å². The molecule has 5 nitrogen and oxygen atoms in total. The fourth-order valence-corrected chi connectivity index (χ4v) is 3.58. The van der Waals surface area contributed by atoms with Crippen molar-refractivity contribution in [2.24, 2.45) is 5.92 Å². The molecule has 32 heavy (non-hydrogen) atoms. The maximum atomic E-state index is 13.2. The normalized spacial score (nSPS) is 11.9. The number of benzene rings is 2. The third-order valence-electron chi connectivity index (χ3n) is 5.11. The summed E-state index contributed by atoms with van der Waals surface area (Å²) in [4.78, 5) is 27.7. The first-order valence-electron chi connectivity index (χ1n) is 10.8. The van der Waals surface area contributed by atoms with Gasteiger partial charge < -0.3 is 15.0 Å². The van der Waals surface area contributed by atoms with Crippen LogP contribution >= 0.6 is 23.2 Å². The maximum Gasteiger partial charge on any atom is 0.261 e. The Morgan fingerprint density at radius 2 is 1.66 bits per heavy atom. The highest BCUT2D eigenvalue weighted by Gasteiger charge is 2.29. The van der Waals surface area contributed by atoms with Gasteiger partial charge in [0.2, 0.25) is 5.91 Å². The summed E-state index contributed by atoms with van der Waals surface area (Å²) < 4.78 is 5.79. The van der Waals surface area contributed by atoms with E-state index in [9.17, 15) is 9.59 Å². The number of aryl methyl sites for hydroxylation is 2. The topological polar surface area (TPSA) is 58.6 Å². The summed E-state index contributed by atoms with van der Waals surface area (Å²) in [6.45, 7) is 10.4. The van der Waals surface area contributed by atoms with E-state index in [2.05, 4.69) is 5.32 Å². The third kappa shape index (κ3) is 7.42. The second kappa shape index (κ2) is 12.1. The van der Waals surface area contributed by atoms with E-state index in [0.717, 1.165) is 16.7 Å². The molecule has 174 valence electrons. The van der Waals surface area contributed by atoms with Gasteiger partial charge in [0.25, 0.3) is 5.91 Å². The van der Waals surface area contributed by atoms with Crippen LogP contribution in [0.5, 0.6) is 5.75 Å². The molecule has 0 aromatic heterocycles. The van der Waals surface area contributed by atoms with Crippen molar-refractivity contribution >= 4 is 35.0 Å². The van der Waals surface area contributed by atoms with Gasteiger partial charge in [-0.05, 0) is 67.1 Å². The van der Waals surface area contributed by atoms with Gasteiger partial charge in [0, 0.05) is 23.1 Å². The zero-order valence-electron chi connectivity index (χ0n) is 19.4. The van der Waals surface area contributed by atoms with Crippen molar-refractivity contribution < 1.29 is 14.3 Å². The molecule has 1 atom stereocenters. The second-order valence-corrected chi connectivity index (χ2v) is 9.19. The summed E-state index contributed by atoms with van der Waals surface area (Å²) in [7, 11) is 0. The smallest absolute Gasteiger partial charge is 0.261 e. The maximum absolute atomic E-state index is 13.2. The summed E-state index contributed by atoms with van der Waals surface area (Å²) >= 11 is 12.2. The van der Waals surface area contributed by atoms with E-state index in [4.69, 9.17) is 27.9 Å². The van der Waals surface area contributed by atoms with Crippen LogP contribution in [0.2, 0.25) is 10.0 Å². The Bertz CT molecular complexity index is 906. The third-order valence-corrected chi connectivity index (χ3v) is 5.96. The van der Waals surface area contributed by atoms with Gasteiger partial charge in [0.1, 0.15) is 11.8 Å². The zero-order valence-corrected chi connectivity index (χ0v) is 20.9.